The zero-order valence-corrected chi connectivity index (χ0v) is 18.9. The van der Waals surface area contributed by atoms with Gasteiger partial charge in [-0.15, -0.1) is 0 Å². The molecule has 1 N–H and O–H groups in total. The first-order valence-corrected chi connectivity index (χ1v) is 11.3. The van der Waals surface area contributed by atoms with Crippen LogP contribution in [0.15, 0.2) is 66.3 Å². The minimum absolute atomic E-state index is 0.0302. The number of nitrogens with one attached hydrogen (secondary N) is 1. The fourth-order valence-corrected chi connectivity index (χ4v) is 4.51. The highest BCUT2D eigenvalue weighted by Crippen LogP contribution is 2.47. The number of ether oxygens (including phenoxy) is 1. The summed E-state index contributed by atoms with van der Waals surface area (Å²) in [6.45, 7) is 12.6. The van der Waals surface area contributed by atoms with Gasteiger partial charge in [0.25, 0.3) is 0 Å². The summed E-state index contributed by atoms with van der Waals surface area (Å²) in [6, 6.07) is 12.7. The number of carbonyl (C=O) groups excluding carboxylic acids is 1. The third kappa shape index (κ3) is 3.84. The molecule has 160 valence electrons. The molecular weight excluding hydrogens is 384 g/mol. The van der Waals surface area contributed by atoms with E-state index in [-0.39, 0.29) is 5.78 Å². The van der Waals surface area contributed by atoms with Gasteiger partial charge in [-0.2, -0.15) is 0 Å². The van der Waals surface area contributed by atoms with Gasteiger partial charge in [0.1, 0.15) is 17.2 Å². The van der Waals surface area contributed by atoms with Crippen LogP contribution in [-0.2, 0) is 4.79 Å². The minimum Gasteiger partial charge on any atom is -0.456 e. The minimum atomic E-state index is 0.0302. The lowest BCUT2D eigenvalue weighted by Crippen LogP contribution is -3.06. The smallest absolute Gasteiger partial charge is 0.186 e. The van der Waals surface area contributed by atoms with Gasteiger partial charge in [-0.25, -0.2) is 0 Å². The third-order valence-corrected chi connectivity index (χ3v) is 6.25. The summed E-state index contributed by atoms with van der Waals surface area (Å²) < 4.78 is 6.47. The Hall–Kier alpha value is -3.11. The van der Waals surface area contributed by atoms with Crippen LogP contribution < -0.4 is 14.5 Å². The lowest BCUT2D eigenvalue weighted by atomic mass is 9.86. The fraction of sp³-hybridized carbons (Fsp3) is 0.296. The molecule has 31 heavy (non-hydrogen) atoms. The first-order chi connectivity index (χ1) is 15.1. The molecule has 0 saturated heterocycles. The van der Waals surface area contributed by atoms with Gasteiger partial charge >= 0.3 is 0 Å². The second-order valence-corrected chi connectivity index (χ2v) is 7.85. The number of carbonyl (C=O) groups is 1. The lowest BCUT2D eigenvalue weighted by molar-refractivity contribution is -0.828. The number of ketones is 1. The Morgan fingerprint density at radius 1 is 0.839 bits per heavy atom. The Labute approximate surface area is 185 Å². The number of fused-ring (bicyclic) bond motifs is 2. The van der Waals surface area contributed by atoms with Crippen LogP contribution in [0.1, 0.15) is 38.8 Å². The van der Waals surface area contributed by atoms with E-state index in [0.29, 0.717) is 5.57 Å². The zero-order valence-electron chi connectivity index (χ0n) is 18.9. The topological polar surface area (TPSA) is 34.0 Å². The van der Waals surface area contributed by atoms with Crippen LogP contribution in [0.25, 0.3) is 5.57 Å². The summed E-state index contributed by atoms with van der Waals surface area (Å²) in [5.74, 6) is 1.66. The first kappa shape index (κ1) is 21.1. The van der Waals surface area contributed by atoms with Crippen LogP contribution in [0.4, 0.5) is 11.4 Å². The quantitative estimate of drug-likeness (QED) is 0.593. The second-order valence-electron chi connectivity index (χ2n) is 7.85. The van der Waals surface area contributed by atoms with Gasteiger partial charge < -0.3 is 14.5 Å². The van der Waals surface area contributed by atoms with Crippen molar-refractivity contribution in [2.45, 2.75) is 27.7 Å². The van der Waals surface area contributed by atoms with Crippen molar-refractivity contribution in [2.75, 3.05) is 31.1 Å². The molecular formula is C27H31N2O2+. The molecule has 1 aliphatic carbocycles. The van der Waals surface area contributed by atoms with E-state index >= 15 is 0 Å². The van der Waals surface area contributed by atoms with E-state index in [2.05, 4.69) is 69.0 Å². The van der Waals surface area contributed by atoms with Gasteiger partial charge in [-0.3, -0.25) is 4.79 Å². The summed E-state index contributed by atoms with van der Waals surface area (Å²) in [5, 5.41) is 0. The van der Waals surface area contributed by atoms with Crippen LogP contribution >= 0.6 is 0 Å². The van der Waals surface area contributed by atoms with E-state index in [1.165, 1.54) is 10.6 Å². The van der Waals surface area contributed by atoms with Crippen molar-refractivity contribution < 1.29 is 14.4 Å². The molecule has 0 radical (unpaired) electrons. The Morgan fingerprint density at radius 3 is 2.13 bits per heavy atom. The number of benzene rings is 2. The Kier molecular flexibility index (Phi) is 6.10. The van der Waals surface area contributed by atoms with E-state index in [4.69, 9.17) is 4.74 Å². The van der Waals surface area contributed by atoms with Crippen molar-refractivity contribution in [3.63, 3.8) is 0 Å². The highest BCUT2D eigenvalue weighted by Gasteiger charge is 2.28. The molecule has 2 aromatic carbocycles. The molecule has 4 heteroatoms. The molecule has 0 spiro atoms. The molecule has 0 unspecified atom stereocenters. The largest absolute Gasteiger partial charge is 0.456 e. The molecule has 4 rings (SSSR count). The molecule has 0 aromatic heterocycles. The molecule has 0 amide bonds. The number of hydrogen-bond donors (Lipinski definition) is 1. The van der Waals surface area contributed by atoms with Crippen molar-refractivity contribution in [3.05, 3.63) is 77.4 Å². The summed E-state index contributed by atoms with van der Waals surface area (Å²) in [7, 11) is 0. The van der Waals surface area contributed by atoms with E-state index < -0.39 is 0 Å². The van der Waals surface area contributed by atoms with Crippen molar-refractivity contribution in [1.82, 2.24) is 0 Å². The van der Waals surface area contributed by atoms with Crippen LogP contribution in [0, 0.1) is 0 Å². The normalized spacial score (nSPS) is 16.9. The highest BCUT2D eigenvalue weighted by atomic mass is 16.5. The zero-order chi connectivity index (χ0) is 22.0. The third-order valence-electron chi connectivity index (χ3n) is 6.25. The summed E-state index contributed by atoms with van der Waals surface area (Å²) in [4.78, 5) is 16.5. The SMILES string of the molecule is CCN(CC)c1ccc2c(c1)Oc1cc([NH+](CC)CC)ccc1C2=C1C=CC=CC1=O. The van der Waals surface area contributed by atoms with Crippen LogP contribution in [0.2, 0.25) is 0 Å². The number of quaternary nitrogens is 1. The Bertz CT molecular complexity index is 1020. The van der Waals surface area contributed by atoms with Gasteiger partial charge in [-0.1, -0.05) is 18.2 Å². The van der Waals surface area contributed by atoms with Crippen LogP contribution in [0.3, 0.4) is 0 Å². The number of anilines is 1. The number of hydrogen-bond acceptors (Lipinski definition) is 3. The summed E-state index contributed by atoms with van der Waals surface area (Å²) >= 11 is 0. The number of allylic oxidation sites excluding steroid dienone is 5. The number of nitrogens with zero attached hydrogens (tertiary/aromatic N) is 1. The molecule has 0 atom stereocenters. The van der Waals surface area contributed by atoms with Crippen molar-refractivity contribution in [3.8, 4) is 11.5 Å². The standard InChI is InChI=1S/C27H30N2O2/c1-5-28(6-2)19-13-15-22-25(17-19)31-26-18-20(29(7-3)8-4)14-16-23(26)27(22)21-11-9-10-12-24(21)30/h9-18H,5-8H2,1-4H3/p+1. The molecule has 0 saturated carbocycles. The van der Waals surface area contributed by atoms with Gasteiger partial charge in [-0.05, 0) is 58.0 Å². The van der Waals surface area contributed by atoms with Gasteiger partial charge in [0.2, 0.25) is 0 Å². The van der Waals surface area contributed by atoms with Crippen molar-refractivity contribution in [2.24, 2.45) is 0 Å². The van der Waals surface area contributed by atoms with Crippen LogP contribution in [0.5, 0.6) is 11.5 Å². The monoisotopic (exact) mass is 415 g/mol. The molecule has 2 aromatic rings. The van der Waals surface area contributed by atoms with Gasteiger partial charge in [0.05, 0.1) is 13.1 Å². The molecule has 4 nitrogen and oxygen atoms in total. The van der Waals surface area contributed by atoms with E-state index in [0.717, 1.165) is 60.1 Å². The van der Waals surface area contributed by atoms with E-state index in [1.54, 1.807) is 12.2 Å². The average Bonchev–Trinajstić information content (AvgIpc) is 2.79. The molecule has 1 aliphatic heterocycles. The Morgan fingerprint density at radius 2 is 1.48 bits per heavy atom. The summed E-state index contributed by atoms with van der Waals surface area (Å²) in [5.41, 5.74) is 5.95. The average molecular weight is 416 g/mol. The molecule has 1 heterocycles. The van der Waals surface area contributed by atoms with E-state index in [1.807, 2.05) is 12.2 Å². The predicted octanol–water partition coefficient (Wildman–Crippen LogP) is 4.69. The number of rotatable bonds is 6. The van der Waals surface area contributed by atoms with Crippen molar-refractivity contribution in [1.29, 1.82) is 0 Å². The lowest BCUT2D eigenvalue weighted by Gasteiger charge is -2.28. The predicted molar refractivity (Wildman–Crippen MR) is 128 cm³/mol. The Balaban J connectivity index is 1.92. The summed E-state index contributed by atoms with van der Waals surface area (Å²) in [6.07, 6.45) is 7.27. The molecule has 0 bridgehead atoms. The van der Waals surface area contributed by atoms with Crippen LogP contribution in [-0.4, -0.2) is 32.0 Å². The van der Waals surface area contributed by atoms with Gasteiger partial charge in [0.15, 0.2) is 5.78 Å². The van der Waals surface area contributed by atoms with Crippen molar-refractivity contribution >= 4 is 22.7 Å². The molecule has 0 fully saturated rings. The van der Waals surface area contributed by atoms with Gasteiger partial charge in [0, 0.05) is 53.2 Å². The fourth-order valence-electron chi connectivity index (χ4n) is 4.51. The molecule has 2 aliphatic rings. The van der Waals surface area contributed by atoms with E-state index in [9.17, 15) is 4.79 Å². The maximum Gasteiger partial charge on any atom is 0.186 e. The second kappa shape index (κ2) is 8.94. The maximum absolute atomic E-state index is 12.8. The maximum atomic E-state index is 12.8. The first-order valence-electron chi connectivity index (χ1n) is 11.3. The highest BCUT2D eigenvalue weighted by molar-refractivity contribution is 6.15.